The number of hydrogen-bond acceptors (Lipinski definition) is 5. The SMILES string of the molecule is Cc1cc(C)cc([NH2+]C(C)NCC(C=CN)c2ccc3c(c2)N(CC2CC=CC=N2)C(=O)CO3)c1. The predicted molar refractivity (Wildman–Crippen MR) is 141 cm³/mol. The summed E-state index contributed by atoms with van der Waals surface area (Å²) in [6, 6.07) is 12.7. The van der Waals surface area contributed by atoms with Gasteiger partial charge in [0.2, 0.25) is 0 Å². The highest BCUT2D eigenvalue weighted by atomic mass is 16.5. The largest absolute Gasteiger partial charge is 0.482 e. The highest BCUT2D eigenvalue weighted by Crippen LogP contribution is 2.35. The number of dihydropyridines is 1. The average molecular weight is 475 g/mol. The van der Waals surface area contributed by atoms with E-state index in [1.54, 1.807) is 12.4 Å². The third kappa shape index (κ3) is 6.38. The van der Waals surface area contributed by atoms with Crippen LogP contribution < -0.4 is 26.0 Å². The lowest BCUT2D eigenvalue weighted by Crippen LogP contribution is -2.87. The zero-order valence-corrected chi connectivity index (χ0v) is 20.8. The van der Waals surface area contributed by atoms with Crippen molar-refractivity contribution in [3.63, 3.8) is 0 Å². The first kappa shape index (κ1) is 24.7. The lowest BCUT2D eigenvalue weighted by Gasteiger charge is -2.32. The number of nitrogens with one attached hydrogen (secondary N) is 1. The van der Waals surface area contributed by atoms with Crippen LogP contribution in [0.5, 0.6) is 5.75 Å². The fraction of sp³-hybridized carbons (Fsp3) is 0.357. The topological polar surface area (TPSA) is 96.6 Å². The Morgan fingerprint density at radius 3 is 2.77 bits per heavy atom. The van der Waals surface area contributed by atoms with Gasteiger partial charge in [-0.1, -0.05) is 24.3 Å². The molecule has 0 bridgehead atoms. The van der Waals surface area contributed by atoms with Crippen LogP contribution in [0.4, 0.5) is 11.4 Å². The number of nitrogens with two attached hydrogens (primary N) is 2. The van der Waals surface area contributed by atoms with Gasteiger partial charge in [-0.05, 0) is 61.4 Å². The molecule has 3 unspecified atom stereocenters. The molecule has 0 radical (unpaired) electrons. The molecule has 184 valence electrons. The Hall–Kier alpha value is -3.42. The number of allylic oxidation sites excluding steroid dienone is 1. The molecule has 0 aromatic heterocycles. The lowest BCUT2D eigenvalue weighted by atomic mass is 9.97. The predicted octanol–water partition coefficient (Wildman–Crippen LogP) is 2.81. The number of benzene rings is 2. The minimum atomic E-state index is -0.0416. The van der Waals surface area contributed by atoms with E-state index in [1.807, 2.05) is 23.1 Å². The minimum absolute atomic E-state index is 0.0416. The van der Waals surface area contributed by atoms with Crippen molar-refractivity contribution in [3.05, 3.63) is 77.5 Å². The monoisotopic (exact) mass is 474 g/mol. The molecule has 1 amide bonds. The molecule has 0 saturated carbocycles. The number of aliphatic imine (C=N–C) groups is 1. The van der Waals surface area contributed by atoms with Gasteiger partial charge in [0.15, 0.2) is 6.61 Å². The van der Waals surface area contributed by atoms with Crippen LogP contribution in [0.3, 0.4) is 0 Å². The summed E-state index contributed by atoms with van der Waals surface area (Å²) in [5.74, 6) is 0.735. The molecule has 2 heterocycles. The number of rotatable bonds is 9. The number of anilines is 1. The molecule has 5 N–H and O–H groups in total. The fourth-order valence-corrected chi connectivity index (χ4v) is 4.71. The fourth-order valence-electron chi connectivity index (χ4n) is 4.71. The maximum absolute atomic E-state index is 12.8. The summed E-state index contributed by atoms with van der Waals surface area (Å²) in [6.07, 6.45) is 10.4. The quantitative estimate of drug-likeness (QED) is 0.385. The molecule has 2 aliphatic rings. The number of hydrogen-bond donors (Lipinski definition) is 3. The van der Waals surface area contributed by atoms with Crippen LogP contribution in [-0.2, 0) is 4.79 Å². The van der Waals surface area contributed by atoms with Gasteiger partial charge >= 0.3 is 0 Å². The molecular formula is C28H36N5O2+. The summed E-state index contributed by atoms with van der Waals surface area (Å²) in [5.41, 5.74) is 11.4. The Morgan fingerprint density at radius 2 is 2.06 bits per heavy atom. The number of carbonyl (C=O) groups excluding carboxylic acids is 1. The number of aryl methyl sites for hydroxylation is 2. The molecule has 35 heavy (non-hydrogen) atoms. The Kier molecular flexibility index (Phi) is 8.00. The van der Waals surface area contributed by atoms with Crippen molar-refractivity contribution in [2.75, 3.05) is 24.6 Å². The summed E-state index contributed by atoms with van der Waals surface area (Å²) in [6.45, 7) is 7.70. The van der Waals surface area contributed by atoms with E-state index in [2.05, 4.69) is 72.8 Å². The summed E-state index contributed by atoms with van der Waals surface area (Å²) in [4.78, 5) is 19.1. The van der Waals surface area contributed by atoms with Crippen molar-refractivity contribution in [3.8, 4) is 5.75 Å². The molecule has 0 spiro atoms. The summed E-state index contributed by atoms with van der Waals surface area (Å²) in [7, 11) is 0. The van der Waals surface area contributed by atoms with Crippen molar-refractivity contribution in [2.24, 2.45) is 10.7 Å². The second-order valence-corrected chi connectivity index (χ2v) is 9.41. The van der Waals surface area contributed by atoms with Gasteiger partial charge in [0.25, 0.3) is 5.91 Å². The van der Waals surface area contributed by atoms with Gasteiger partial charge in [-0.2, -0.15) is 0 Å². The zero-order chi connectivity index (χ0) is 24.8. The maximum Gasteiger partial charge on any atom is 0.265 e. The van der Waals surface area contributed by atoms with Gasteiger partial charge in [-0.15, -0.1) is 0 Å². The van der Waals surface area contributed by atoms with Gasteiger partial charge in [-0.3, -0.25) is 20.4 Å². The number of quaternary nitrogens is 1. The number of amides is 1. The Bertz CT molecular complexity index is 1120. The average Bonchev–Trinajstić information content (AvgIpc) is 2.83. The standard InChI is InChI=1S/C28H35N5O2/c1-19-12-20(2)14-25(13-19)32-21(3)31-16-23(9-10-29)22-7-8-27-26(15-22)33(28(34)18-35-27)17-24-6-4-5-11-30-24/h4-5,7-15,21,23-24,31-32H,6,16-18,29H2,1-3H3/p+1. The van der Waals surface area contributed by atoms with Crippen LogP contribution in [0.1, 0.15) is 36.0 Å². The number of ether oxygens (including phenoxy) is 1. The van der Waals surface area contributed by atoms with Crippen molar-refractivity contribution in [1.82, 2.24) is 5.32 Å². The van der Waals surface area contributed by atoms with E-state index >= 15 is 0 Å². The molecule has 7 nitrogen and oxygen atoms in total. The van der Waals surface area contributed by atoms with Crippen LogP contribution in [-0.4, -0.2) is 44.0 Å². The Labute approximate surface area is 207 Å². The van der Waals surface area contributed by atoms with Crippen molar-refractivity contribution < 1.29 is 14.8 Å². The lowest BCUT2D eigenvalue weighted by molar-refractivity contribution is -0.613. The van der Waals surface area contributed by atoms with Crippen molar-refractivity contribution in [1.29, 1.82) is 0 Å². The van der Waals surface area contributed by atoms with E-state index in [1.165, 1.54) is 16.8 Å². The highest BCUT2D eigenvalue weighted by Gasteiger charge is 2.28. The zero-order valence-electron chi connectivity index (χ0n) is 20.8. The first-order valence-corrected chi connectivity index (χ1v) is 12.2. The molecule has 2 aliphatic heterocycles. The first-order chi connectivity index (χ1) is 16.9. The summed E-state index contributed by atoms with van der Waals surface area (Å²) >= 11 is 0. The van der Waals surface area contributed by atoms with Crippen LogP contribution in [0, 0.1) is 13.8 Å². The third-order valence-electron chi connectivity index (χ3n) is 6.36. The summed E-state index contributed by atoms with van der Waals surface area (Å²) in [5, 5.41) is 5.86. The number of fused-ring (bicyclic) bond motifs is 1. The second kappa shape index (κ2) is 11.3. The van der Waals surface area contributed by atoms with E-state index in [0.717, 1.165) is 23.4 Å². The molecule has 7 heteroatoms. The highest BCUT2D eigenvalue weighted by molar-refractivity contribution is 5.98. The molecular weight excluding hydrogens is 438 g/mol. The normalized spacial score (nSPS) is 19.0. The Morgan fingerprint density at radius 1 is 1.26 bits per heavy atom. The maximum atomic E-state index is 12.8. The third-order valence-corrected chi connectivity index (χ3v) is 6.36. The molecule has 3 atom stereocenters. The molecule has 2 aromatic rings. The minimum Gasteiger partial charge on any atom is -0.482 e. The molecule has 2 aromatic carbocycles. The van der Waals surface area contributed by atoms with Gasteiger partial charge in [0.05, 0.1) is 11.7 Å². The van der Waals surface area contributed by atoms with E-state index < -0.39 is 0 Å². The van der Waals surface area contributed by atoms with Crippen LogP contribution in [0.2, 0.25) is 0 Å². The van der Waals surface area contributed by atoms with E-state index in [4.69, 9.17) is 10.5 Å². The molecule has 0 fully saturated rings. The molecule has 0 aliphatic carbocycles. The van der Waals surface area contributed by atoms with Crippen LogP contribution >= 0.6 is 0 Å². The summed E-state index contributed by atoms with van der Waals surface area (Å²) < 4.78 is 5.73. The van der Waals surface area contributed by atoms with Crippen molar-refractivity contribution in [2.45, 2.75) is 45.3 Å². The van der Waals surface area contributed by atoms with Gasteiger partial charge in [-0.25, -0.2) is 0 Å². The number of nitrogens with zero attached hydrogens (tertiary/aromatic N) is 2. The van der Waals surface area contributed by atoms with Crippen LogP contribution in [0.15, 0.2) is 65.8 Å². The number of carbonyl (C=O) groups is 1. The van der Waals surface area contributed by atoms with Gasteiger partial charge in [0.1, 0.15) is 17.6 Å². The second-order valence-electron chi connectivity index (χ2n) is 9.41. The van der Waals surface area contributed by atoms with Crippen molar-refractivity contribution >= 4 is 23.5 Å². The van der Waals surface area contributed by atoms with E-state index in [9.17, 15) is 4.79 Å². The van der Waals surface area contributed by atoms with Gasteiger partial charge < -0.3 is 15.4 Å². The van der Waals surface area contributed by atoms with Crippen LogP contribution in [0.25, 0.3) is 0 Å². The van der Waals surface area contributed by atoms with Gasteiger partial charge in [0, 0.05) is 44.3 Å². The Balaban J connectivity index is 1.48. The van der Waals surface area contributed by atoms with E-state index in [0.29, 0.717) is 13.1 Å². The first-order valence-electron chi connectivity index (χ1n) is 12.2. The molecule has 0 saturated heterocycles. The van der Waals surface area contributed by atoms with E-state index in [-0.39, 0.29) is 30.6 Å². The smallest absolute Gasteiger partial charge is 0.265 e. The molecule has 4 rings (SSSR count).